The van der Waals surface area contributed by atoms with E-state index in [4.69, 9.17) is 4.74 Å². The van der Waals surface area contributed by atoms with Gasteiger partial charge in [0, 0.05) is 18.3 Å². The molecule has 0 unspecified atom stereocenters. The number of pyridine rings is 1. The van der Waals surface area contributed by atoms with Gasteiger partial charge in [0.25, 0.3) is 0 Å². The van der Waals surface area contributed by atoms with Gasteiger partial charge in [0.2, 0.25) is 12.3 Å². The van der Waals surface area contributed by atoms with Crippen LogP contribution in [0.3, 0.4) is 0 Å². The Labute approximate surface area is 102 Å². The number of carbonyl (C=O) groups excluding carboxylic acids is 1. The van der Waals surface area contributed by atoms with Crippen molar-refractivity contribution in [1.82, 2.24) is 9.88 Å². The molecule has 4 nitrogen and oxygen atoms in total. The molecule has 2 rings (SSSR count). The summed E-state index contributed by atoms with van der Waals surface area (Å²) in [6.45, 7) is 4.78. The normalized spacial score (nSPS) is 19.7. The van der Waals surface area contributed by atoms with E-state index in [1.807, 2.05) is 30.9 Å². The molecule has 1 aliphatic heterocycles. The molecular formula is C13H18N2O2. The third kappa shape index (κ3) is 2.57. The van der Waals surface area contributed by atoms with Gasteiger partial charge in [-0.3, -0.25) is 4.79 Å². The SMILES string of the molecule is CC(C)Oc1ncccc1[C@H]1CCCN1C=O. The highest BCUT2D eigenvalue weighted by atomic mass is 16.5. The van der Waals surface area contributed by atoms with Crippen molar-refractivity contribution in [3.05, 3.63) is 23.9 Å². The van der Waals surface area contributed by atoms with E-state index in [0.29, 0.717) is 5.88 Å². The van der Waals surface area contributed by atoms with E-state index in [0.717, 1.165) is 31.4 Å². The van der Waals surface area contributed by atoms with Gasteiger partial charge in [-0.2, -0.15) is 0 Å². The lowest BCUT2D eigenvalue weighted by atomic mass is 10.1. The Morgan fingerprint density at radius 1 is 1.59 bits per heavy atom. The summed E-state index contributed by atoms with van der Waals surface area (Å²) in [5.41, 5.74) is 1.02. The highest BCUT2D eigenvalue weighted by Gasteiger charge is 2.27. The third-order valence-electron chi connectivity index (χ3n) is 2.94. The minimum Gasteiger partial charge on any atom is -0.475 e. The van der Waals surface area contributed by atoms with Crippen molar-refractivity contribution in [3.8, 4) is 5.88 Å². The van der Waals surface area contributed by atoms with Gasteiger partial charge in [-0.1, -0.05) is 6.07 Å². The number of nitrogens with zero attached hydrogens (tertiary/aromatic N) is 2. The molecule has 0 N–H and O–H groups in total. The number of ether oxygens (including phenoxy) is 1. The molecule has 4 heteroatoms. The minimum absolute atomic E-state index is 0.0923. The number of rotatable bonds is 4. The number of hydrogen-bond acceptors (Lipinski definition) is 3. The van der Waals surface area contributed by atoms with Crippen LogP contribution in [0, 0.1) is 0 Å². The lowest BCUT2D eigenvalue weighted by Gasteiger charge is -2.22. The molecule has 1 aromatic heterocycles. The molecule has 0 bridgehead atoms. The number of carbonyl (C=O) groups is 1. The molecule has 1 fully saturated rings. The third-order valence-corrected chi connectivity index (χ3v) is 2.94. The highest BCUT2D eigenvalue weighted by Crippen LogP contribution is 2.35. The van der Waals surface area contributed by atoms with Crippen molar-refractivity contribution in [2.75, 3.05) is 6.54 Å². The number of hydrogen-bond donors (Lipinski definition) is 0. The maximum atomic E-state index is 11.0. The van der Waals surface area contributed by atoms with Crippen molar-refractivity contribution < 1.29 is 9.53 Å². The van der Waals surface area contributed by atoms with Gasteiger partial charge in [0.1, 0.15) is 0 Å². The molecule has 1 saturated heterocycles. The average molecular weight is 234 g/mol. The maximum absolute atomic E-state index is 11.0. The number of amides is 1. The summed E-state index contributed by atoms with van der Waals surface area (Å²) < 4.78 is 5.70. The van der Waals surface area contributed by atoms with E-state index in [9.17, 15) is 4.79 Å². The number of likely N-dealkylation sites (tertiary alicyclic amines) is 1. The van der Waals surface area contributed by atoms with Gasteiger partial charge in [-0.15, -0.1) is 0 Å². The van der Waals surface area contributed by atoms with Gasteiger partial charge >= 0.3 is 0 Å². The second kappa shape index (κ2) is 5.17. The fourth-order valence-corrected chi connectivity index (χ4v) is 2.23. The first-order chi connectivity index (χ1) is 8.22. The highest BCUT2D eigenvalue weighted by molar-refractivity contribution is 5.50. The summed E-state index contributed by atoms with van der Waals surface area (Å²) in [6, 6.07) is 4.01. The minimum atomic E-state index is 0.0923. The van der Waals surface area contributed by atoms with Crippen molar-refractivity contribution in [2.24, 2.45) is 0 Å². The zero-order valence-electron chi connectivity index (χ0n) is 10.3. The summed E-state index contributed by atoms with van der Waals surface area (Å²) in [5.74, 6) is 0.654. The van der Waals surface area contributed by atoms with Crippen LogP contribution in [-0.2, 0) is 4.79 Å². The molecule has 1 aromatic rings. The van der Waals surface area contributed by atoms with E-state index in [-0.39, 0.29) is 12.1 Å². The lowest BCUT2D eigenvalue weighted by Crippen LogP contribution is -2.22. The van der Waals surface area contributed by atoms with Gasteiger partial charge in [0.15, 0.2) is 0 Å². The second-order valence-corrected chi connectivity index (χ2v) is 4.57. The topological polar surface area (TPSA) is 42.4 Å². The van der Waals surface area contributed by atoms with Crippen LogP contribution >= 0.6 is 0 Å². The molecule has 0 aliphatic carbocycles. The van der Waals surface area contributed by atoms with Gasteiger partial charge in [0.05, 0.1) is 12.1 Å². The molecule has 2 heterocycles. The van der Waals surface area contributed by atoms with Gasteiger partial charge in [-0.05, 0) is 32.8 Å². The Bertz CT molecular complexity index is 393. The van der Waals surface area contributed by atoms with E-state index >= 15 is 0 Å². The largest absolute Gasteiger partial charge is 0.475 e. The predicted molar refractivity (Wildman–Crippen MR) is 64.7 cm³/mol. The zero-order valence-corrected chi connectivity index (χ0v) is 10.3. The zero-order chi connectivity index (χ0) is 12.3. The Morgan fingerprint density at radius 2 is 2.41 bits per heavy atom. The smallest absolute Gasteiger partial charge is 0.218 e. The summed E-state index contributed by atoms with van der Waals surface area (Å²) in [4.78, 5) is 17.1. The predicted octanol–water partition coefficient (Wildman–Crippen LogP) is 2.16. The van der Waals surface area contributed by atoms with Crippen LogP contribution in [0.4, 0.5) is 0 Å². The molecule has 1 amide bonds. The van der Waals surface area contributed by atoms with Gasteiger partial charge < -0.3 is 9.64 Å². The standard InChI is InChI=1S/C13H18N2O2/c1-10(2)17-13-11(5-3-7-14-13)12-6-4-8-15(12)9-16/h3,5,7,9-10,12H,4,6,8H2,1-2H3/t12-/m1/s1. The van der Waals surface area contributed by atoms with Crippen molar-refractivity contribution >= 4 is 6.41 Å². The van der Waals surface area contributed by atoms with Crippen LogP contribution < -0.4 is 4.74 Å². The summed E-state index contributed by atoms with van der Waals surface area (Å²) >= 11 is 0. The summed E-state index contributed by atoms with van der Waals surface area (Å²) in [6.07, 6.45) is 4.76. The first-order valence-corrected chi connectivity index (χ1v) is 6.05. The van der Waals surface area contributed by atoms with Crippen LogP contribution in [0.25, 0.3) is 0 Å². The maximum Gasteiger partial charge on any atom is 0.218 e. The Balaban J connectivity index is 2.27. The molecular weight excluding hydrogens is 216 g/mol. The van der Waals surface area contributed by atoms with Crippen molar-refractivity contribution in [3.63, 3.8) is 0 Å². The van der Waals surface area contributed by atoms with Gasteiger partial charge in [-0.25, -0.2) is 4.98 Å². The van der Waals surface area contributed by atoms with Crippen molar-refractivity contribution in [1.29, 1.82) is 0 Å². The molecule has 0 aromatic carbocycles. The van der Waals surface area contributed by atoms with E-state index < -0.39 is 0 Å². The fraction of sp³-hybridized carbons (Fsp3) is 0.538. The Hall–Kier alpha value is -1.58. The van der Waals surface area contributed by atoms with E-state index in [2.05, 4.69) is 4.98 Å². The number of aromatic nitrogens is 1. The quantitative estimate of drug-likeness (QED) is 0.750. The van der Waals surface area contributed by atoms with Crippen LogP contribution in [0.5, 0.6) is 5.88 Å². The molecule has 1 aliphatic rings. The van der Waals surface area contributed by atoms with Crippen LogP contribution in [-0.4, -0.2) is 28.9 Å². The van der Waals surface area contributed by atoms with E-state index in [1.54, 1.807) is 6.20 Å². The summed E-state index contributed by atoms with van der Waals surface area (Å²) in [7, 11) is 0. The van der Waals surface area contributed by atoms with E-state index in [1.165, 1.54) is 0 Å². The first kappa shape index (κ1) is 11.9. The molecule has 0 spiro atoms. The fourth-order valence-electron chi connectivity index (χ4n) is 2.23. The molecule has 0 radical (unpaired) electrons. The Kier molecular flexibility index (Phi) is 3.61. The van der Waals surface area contributed by atoms with Crippen molar-refractivity contribution in [2.45, 2.75) is 38.8 Å². The lowest BCUT2D eigenvalue weighted by molar-refractivity contribution is -0.118. The second-order valence-electron chi connectivity index (χ2n) is 4.57. The monoisotopic (exact) mass is 234 g/mol. The molecule has 17 heavy (non-hydrogen) atoms. The average Bonchev–Trinajstić information content (AvgIpc) is 2.77. The van der Waals surface area contributed by atoms with Crippen LogP contribution in [0.1, 0.15) is 38.3 Å². The summed E-state index contributed by atoms with van der Waals surface area (Å²) in [5, 5.41) is 0. The molecule has 0 saturated carbocycles. The molecule has 92 valence electrons. The van der Waals surface area contributed by atoms with Crippen LogP contribution in [0.15, 0.2) is 18.3 Å². The molecule has 1 atom stereocenters. The Morgan fingerprint density at radius 3 is 3.12 bits per heavy atom. The van der Waals surface area contributed by atoms with Crippen LogP contribution in [0.2, 0.25) is 0 Å². The first-order valence-electron chi connectivity index (χ1n) is 6.05.